The fourth-order valence-corrected chi connectivity index (χ4v) is 3.44. The average molecular weight is 508 g/mol. The number of hydrogen-bond donors (Lipinski definition) is 3. The zero-order valence-electron chi connectivity index (χ0n) is 22.1. The molecule has 3 amide bonds. The van der Waals surface area contributed by atoms with Crippen molar-refractivity contribution < 1.29 is 23.9 Å². The van der Waals surface area contributed by atoms with Crippen molar-refractivity contribution in [2.45, 2.75) is 52.7 Å². The van der Waals surface area contributed by atoms with Crippen molar-refractivity contribution in [3.63, 3.8) is 0 Å². The van der Waals surface area contributed by atoms with E-state index in [4.69, 9.17) is 9.47 Å². The van der Waals surface area contributed by atoms with Gasteiger partial charge in [0.05, 0.1) is 0 Å². The van der Waals surface area contributed by atoms with Crippen molar-refractivity contribution in [3.8, 4) is 11.5 Å². The van der Waals surface area contributed by atoms with Crippen LogP contribution in [0.25, 0.3) is 0 Å². The molecule has 1 heterocycles. The number of benzene rings is 2. The van der Waals surface area contributed by atoms with Gasteiger partial charge in [0.1, 0.15) is 17.1 Å². The molecule has 2 aromatic carbocycles. The number of esters is 1. The molecule has 10 heteroatoms. The molecule has 1 aliphatic rings. The van der Waals surface area contributed by atoms with Crippen LogP contribution in [0.1, 0.15) is 51.9 Å². The second-order valence-electron chi connectivity index (χ2n) is 10.6. The minimum Gasteiger partial charge on any atom is -0.458 e. The van der Waals surface area contributed by atoms with Gasteiger partial charge in [0.2, 0.25) is 5.54 Å². The molecule has 0 aliphatic carbocycles. The van der Waals surface area contributed by atoms with Gasteiger partial charge in [-0.05, 0) is 63.2 Å². The molecule has 1 aliphatic heterocycles. The quantitative estimate of drug-likeness (QED) is 0.451. The Kier molecular flexibility index (Phi) is 7.71. The van der Waals surface area contributed by atoms with E-state index in [9.17, 15) is 14.4 Å². The van der Waals surface area contributed by atoms with Crippen molar-refractivity contribution in [2.24, 2.45) is 15.6 Å². The van der Waals surface area contributed by atoms with Gasteiger partial charge in [0.15, 0.2) is 5.82 Å². The Morgan fingerprint density at radius 2 is 1.57 bits per heavy atom. The molecule has 0 radical (unpaired) electrons. The Morgan fingerprint density at radius 1 is 0.892 bits per heavy atom. The van der Waals surface area contributed by atoms with Crippen LogP contribution in [0.15, 0.2) is 70.7 Å². The third-order valence-corrected chi connectivity index (χ3v) is 5.43. The van der Waals surface area contributed by atoms with Crippen LogP contribution < -0.4 is 20.7 Å². The predicted molar refractivity (Wildman–Crippen MR) is 139 cm³/mol. The smallest absolute Gasteiger partial charge is 0.341 e. The number of ether oxygens (including phenoxy) is 2. The van der Waals surface area contributed by atoms with E-state index in [1.807, 2.05) is 20.8 Å². The Bertz CT molecular complexity index is 1240. The first-order valence-corrected chi connectivity index (χ1v) is 11.8. The fourth-order valence-electron chi connectivity index (χ4n) is 3.44. The third-order valence-electron chi connectivity index (χ3n) is 5.43. The van der Waals surface area contributed by atoms with Gasteiger partial charge in [-0.15, -0.1) is 5.11 Å². The van der Waals surface area contributed by atoms with Crippen LogP contribution in [-0.2, 0) is 9.53 Å². The van der Waals surface area contributed by atoms with E-state index in [1.165, 1.54) is 6.08 Å². The molecule has 0 aromatic heterocycles. The molecule has 3 N–H and O–H groups in total. The topological polar surface area (TPSA) is 130 Å². The van der Waals surface area contributed by atoms with Crippen molar-refractivity contribution >= 4 is 23.6 Å². The van der Waals surface area contributed by atoms with Crippen molar-refractivity contribution in [2.75, 3.05) is 12.4 Å². The number of rotatable bonds is 6. The second kappa shape index (κ2) is 10.4. The van der Waals surface area contributed by atoms with E-state index < -0.39 is 28.6 Å². The molecule has 2 aromatic rings. The molecular weight excluding hydrogens is 474 g/mol. The van der Waals surface area contributed by atoms with Gasteiger partial charge in [0, 0.05) is 29.8 Å². The van der Waals surface area contributed by atoms with E-state index in [0.29, 0.717) is 22.7 Å². The van der Waals surface area contributed by atoms with Gasteiger partial charge in [-0.25, -0.2) is 9.59 Å². The Morgan fingerprint density at radius 3 is 2.16 bits per heavy atom. The SMILES string of the molecule is CNC(=O)c1cccc(Oc2ccc(NC(=O)NC3=CC(C(=O)OC(C)(C)C)(C(C)(C)C)N=N3)cc2)c1. The molecule has 1 atom stereocenters. The maximum Gasteiger partial charge on any atom is 0.341 e. The van der Waals surface area contributed by atoms with Crippen LogP contribution in [0.3, 0.4) is 0 Å². The highest BCUT2D eigenvalue weighted by atomic mass is 16.6. The van der Waals surface area contributed by atoms with Crippen LogP contribution in [0, 0.1) is 5.41 Å². The second-order valence-corrected chi connectivity index (χ2v) is 10.6. The van der Waals surface area contributed by atoms with Gasteiger partial charge in [-0.1, -0.05) is 26.8 Å². The van der Waals surface area contributed by atoms with Gasteiger partial charge >= 0.3 is 12.0 Å². The van der Waals surface area contributed by atoms with Crippen LogP contribution in [0.5, 0.6) is 11.5 Å². The fraction of sp³-hybridized carbons (Fsp3) is 0.370. The number of nitrogens with zero attached hydrogens (tertiary/aromatic N) is 2. The maximum absolute atomic E-state index is 13.0. The predicted octanol–water partition coefficient (Wildman–Crippen LogP) is 5.39. The summed E-state index contributed by atoms with van der Waals surface area (Å²) < 4.78 is 11.4. The standard InChI is InChI=1S/C27H33N5O5/c1-25(2,3)27(23(34)37-26(4,5)6)16-21(31-32-27)30-24(35)29-18-11-13-19(14-12-18)36-20-10-8-9-17(15-20)22(33)28-7/h8-16H,1-7H3,(H,28,33)(H2,29,30,35). The molecule has 37 heavy (non-hydrogen) atoms. The Hall–Kier alpha value is -4.21. The summed E-state index contributed by atoms with van der Waals surface area (Å²) in [5, 5.41) is 16.2. The number of azo groups is 1. The first-order chi connectivity index (χ1) is 17.2. The first kappa shape index (κ1) is 27.4. The first-order valence-electron chi connectivity index (χ1n) is 11.8. The summed E-state index contributed by atoms with van der Waals surface area (Å²) in [6.07, 6.45) is 1.52. The molecular formula is C27H33N5O5. The van der Waals surface area contributed by atoms with Crippen molar-refractivity contribution in [1.29, 1.82) is 0 Å². The number of carbonyl (C=O) groups excluding carboxylic acids is 3. The highest BCUT2D eigenvalue weighted by Gasteiger charge is 2.53. The zero-order chi connectivity index (χ0) is 27.4. The minimum absolute atomic E-state index is 0.147. The highest BCUT2D eigenvalue weighted by molar-refractivity contribution is 5.94. The molecule has 0 fully saturated rings. The molecule has 0 spiro atoms. The summed E-state index contributed by atoms with van der Waals surface area (Å²) in [4.78, 5) is 37.4. The molecule has 0 bridgehead atoms. The number of carbonyl (C=O) groups is 3. The van der Waals surface area contributed by atoms with Gasteiger partial charge in [-0.2, -0.15) is 5.11 Å². The summed E-state index contributed by atoms with van der Waals surface area (Å²) in [6, 6.07) is 13.0. The van der Waals surface area contributed by atoms with Gasteiger partial charge in [0.25, 0.3) is 5.91 Å². The molecule has 10 nitrogen and oxygen atoms in total. The van der Waals surface area contributed by atoms with Gasteiger partial charge in [-0.3, -0.25) is 10.1 Å². The number of amides is 3. The van der Waals surface area contributed by atoms with Crippen LogP contribution >= 0.6 is 0 Å². The van der Waals surface area contributed by atoms with Crippen molar-refractivity contribution in [3.05, 3.63) is 66.0 Å². The molecule has 1 unspecified atom stereocenters. The van der Waals surface area contributed by atoms with Crippen LogP contribution in [0.2, 0.25) is 0 Å². The number of hydrogen-bond acceptors (Lipinski definition) is 7. The van der Waals surface area contributed by atoms with E-state index in [0.717, 1.165) is 0 Å². The number of urea groups is 1. The van der Waals surface area contributed by atoms with E-state index >= 15 is 0 Å². The van der Waals surface area contributed by atoms with E-state index in [1.54, 1.807) is 76.3 Å². The summed E-state index contributed by atoms with van der Waals surface area (Å²) in [5.41, 5.74) is -1.72. The molecule has 0 saturated carbocycles. The van der Waals surface area contributed by atoms with Crippen molar-refractivity contribution in [1.82, 2.24) is 10.6 Å². The monoisotopic (exact) mass is 507 g/mol. The summed E-state index contributed by atoms with van der Waals surface area (Å²) in [6.45, 7) is 10.9. The lowest BCUT2D eigenvalue weighted by molar-refractivity contribution is -0.163. The largest absolute Gasteiger partial charge is 0.458 e. The summed E-state index contributed by atoms with van der Waals surface area (Å²) in [7, 11) is 1.56. The zero-order valence-corrected chi connectivity index (χ0v) is 22.1. The van der Waals surface area contributed by atoms with Gasteiger partial charge < -0.3 is 20.1 Å². The number of nitrogens with one attached hydrogen (secondary N) is 3. The summed E-state index contributed by atoms with van der Waals surface area (Å²) >= 11 is 0. The Balaban J connectivity index is 1.65. The Labute approximate surface area is 216 Å². The number of anilines is 1. The molecule has 3 rings (SSSR count). The van der Waals surface area contributed by atoms with E-state index in [2.05, 4.69) is 26.2 Å². The third kappa shape index (κ3) is 6.72. The lowest BCUT2D eigenvalue weighted by Crippen LogP contribution is -2.49. The van der Waals surface area contributed by atoms with Crippen LogP contribution in [0.4, 0.5) is 10.5 Å². The summed E-state index contributed by atoms with van der Waals surface area (Å²) in [5.74, 6) is 0.433. The highest BCUT2D eigenvalue weighted by Crippen LogP contribution is 2.41. The average Bonchev–Trinajstić information content (AvgIpc) is 3.24. The normalized spacial score (nSPS) is 17.0. The lowest BCUT2D eigenvalue weighted by Gasteiger charge is -2.35. The molecule has 0 saturated heterocycles. The lowest BCUT2D eigenvalue weighted by atomic mass is 9.74. The molecule has 196 valence electrons. The van der Waals surface area contributed by atoms with Crippen LogP contribution in [-0.4, -0.2) is 36.1 Å². The minimum atomic E-state index is -1.36. The maximum atomic E-state index is 13.0. The van der Waals surface area contributed by atoms with E-state index in [-0.39, 0.29) is 11.7 Å².